The molecule has 2 aromatic rings. The molecule has 2 aromatic carbocycles. The van der Waals surface area contributed by atoms with Crippen LogP contribution in [0.15, 0.2) is 40.9 Å². The number of ketones is 1. The van der Waals surface area contributed by atoms with Crippen molar-refractivity contribution in [2.24, 2.45) is 0 Å². The Bertz CT molecular complexity index is 740. The van der Waals surface area contributed by atoms with Crippen LogP contribution in [-0.2, 0) is 12.6 Å². The smallest absolute Gasteiger partial charge is 0.416 e. The van der Waals surface area contributed by atoms with Crippen LogP contribution in [0.2, 0.25) is 0 Å². The minimum Gasteiger partial charge on any atom is -0.496 e. The van der Waals surface area contributed by atoms with Gasteiger partial charge in [-0.15, -0.1) is 0 Å². The zero-order valence-corrected chi connectivity index (χ0v) is 14.5. The lowest BCUT2D eigenvalue weighted by Crippen LogP contribution is -2.09. The van der Waals surface area contributed by atoms with Crippen LogP contribution < -0.4 is 9.47 Å². The van der Waals surface area contributed by atoms with Gasteiger partial charge in [-0.2, -0.15) is 13.2 Å². The van der Waals surface area contributed by atoms with Crippen LogP contribution in [0.1, 0.15) is 21.5 Å². The predicted molar refractivity (Wildman–Crippen MR) is 86.7 cm³/mol. The maximum Gasteiger partial charge on any atom is 0.416 e. The quantitative estimate of drug-likeness (QED) is 0.666. The predicted octanol–water partition coefficient (Wildman–Crippen LogP) is 4.91. The zero-order valence-electron chi connectivity index (χ0n) is 12.9. The average molecular weight is 403 g/mol. The first-order valence-corrected chi connectivity index (χ1v) is 7.67. The maximum atomic E-state index is 12.6. The normalized spacial score (nSPS) is 11.2. The van der Waals surface area contributed by atoms with Crippen LogP contribution in [0.25, 0.3) is 0 Å². The number of carbonyl (C=O) groups excluding carboxylic acids is 1. The topological polar surface area (TPSA) is 35.5 Å². The Kier molecular flexibility index (Phi) is 5.54. The summed E-state index contributed by atoms with van der Waals surface area (Å²) in [6.07, 6.45) is -4.47. The van der Waals surface area contributed by atoms with Gasteiger partial charge in [0.25, 0.3) is 0 Å². The number of carbonyl (C=O) groups is 1. The number of benzene rings is 2. The van der Waals surface area contributed by atoms with Crippen LogP contribution in [0.5, 0.6) is 11.5 Å². The molecule has 0 aliphatic carbocycles. The molecule has 24 heavy (non-hydrogen) atoms. The molecule has 7 heteroatoms. The van der Waals surface area contributed by atoms with Crippen molar-refractivity contribution in [3.05, 3.63) is 57.6 Å². The van der Waals surface area contributed by atoms with Gasteiger partial charge in [0, 0.05) is 6.42 Å². The van der Waals surface area contributed by atoms with Crippen molar-refractivity contribution in [2.45, 2.75) is 12.6 Å². The fraction of sp³-hybridized carbons (Fsp3) is 0.235. The molecule has 128 valence electrons. The molecule has 0 aliphatic heterocycles. The van der Waals surface area contributed by atoms with E-state index in [1.54, 1.807) is 12.1 Å². The van der Waals surface area contributed by atoms with Crippen molar-refractivity contribution in [2.75, 3.05) is 14.2 Å². The highest BCUT2D eigenvalue weighted by Crippen LogP contribution is 2.36. The minimum atomic E-state index is -4.40. The largest absolute Gasteiger partial charge is 0.496 e. The highest BCUT2D eigenvalue weighted by atomic mass is 79.9. The van der Waals surface area contributed by atoms with Gasteiger partial charge in [-0.3, -0.25) is 4.79 Å². The van der Waals surface area contributed by atoms with Crippen LogP contribution in [0.4, 0.5) is 13.2 Å². The van der Waals surface area contributed by atoms with Gasteiger partial charge < -0.3 is 9.47 Å². The fourth-order valence-corrected chi connectivity index (χ4v) is 2.75. The van der Waals surface area contributed by atoms with Crippen LogP contribution in [-0.4, -0.2) is 20.0 Å². The Labute approximate surface area is 145 Å². The molecule has 0 N–H and O–H groups in total. The summed E-state index contributed by atoms with van der Waals surface area (Å²) in [7, 11) is 2.85. The summed E-state index contributed by atoms with van der Waals surface area (Å²) in [5.41, 5.74) is -0.0392. The van der Waals surface area contributed by atoms with Gasteiger partial charge in [-0.1, -0.05) is 12.1 Å². The van der Waals surface area contributed by atoms with E-state index < -0.39 is 11.7 Å². The van der Waals surface area contributed by atoms with Gasteiger partial charge >= 0.3 is 6.18 Å². The highest BCUT2D eigenvalue weighted by Gasteiger charge is 2.30. The summed E-state index contributed by atoms with van der Waals surface area (Å²) in [4.78, 5) is 12.6. The van der Waals surface area contributed by atoms with Gasteiger partial charge in [-0.25, -0.2) is 0 Å². The van der Waals surface area contributed by atoms with Crippen LogP contribution in [0.3, 0.4) is 0 Å². The zero-order chi connectivity index (χ0) is 17.9. The van der Waals surface area contributed by atoms with E-state index in [0.717, 1.165) is 12.1 Å². The third kappa shape index (κ3) is 3.90. The number of methoxy groups -OCH3 is 2. The maximum absolute atomic E-state index is 12.6. The standard InChI is InChI=1S/C17H14BrF3O3/c1-23-14-8-7-12(18)16(24-2)15(14)13(22)9-10-3-5-11(6-4-10)17(19,20)21/h3-8H,9H2,1-2H3. The average Bonchev–Trinajstić information content (AvgIpc) is 2.54. The minimum absolute atomic E-state index is 0.0681. The molecule has 3 nitrogen and oxygen atoms in total. The number of ether oxygens (including phenoxy) is 2. The van der Waals surface area contributed by atoms with Gasteiger partial charge in [0.2, 0.25) is 0 Å². The highest BCUT2D eigenvalue weighted by molar-refractivity contribution is 9.10. The van der Waals surface area contributed by atoms with E-state index in [9.17, 15) is 18.0 Å². The Hall–Kier alpha value is -2.02. The van der Waals surface area contributed by atoms with E-state index >= 15 is 0 Å². The number of hydrogen-bond acceptors (Lipinski definition) is 3. The molecule has 0 unspecified atom stereocenters. The molecule has 0 fully saturated rings. The molecule has 0 heterocycles. The third-order valence-corrected chi connectivity index (χ3v) is 4.04. The van der Waals surface area contributed by atoms with Crippen molar-refractivity contribution in [1.82, 2.24) is 0 Å². The number of hydrogen-bond donors (Lipinski definition) is 0. The summed E-state index contributed by atoms with van der Waals surface area (Å²) < 4.78 is 48.8. The Morgan fingerprint density at radius 2 is 1.67 bits per heavy atom. The van der Waals surface area contributed by atoms with E-state index in [1.807, 2.05) is 0 Å². The van der Waals surface area contributed by atoms with Crippen molar-refractivity contribution in [3.63, 3.8) is 0 Å². The van der Waals surface area contributed by atoms with E-state index in [2.05, 4.69) is 15.9 Å². The number of Topliss-reactive ketones (excluding diaryl/α,β-unsaturated/α-hetero) is 1. The summed E-state index contributed by atoms with van der Waals surface area (Å²) in [5.74, 6) is 0.350. The van der Waals surface area contributed by atoms with E-state index in [-0.39, 0.29) is 17.8 Å². The fourth-order valence-electron chi connectivity index (χ4n) is 2.26. The molecular formula is C17H14BrF3O3. The summed E-state index contributed by atoms with van der Waals surface area (Å²) in [6.45, 7) is 0. The van der Waals surface area contributed by atoms with Crippen molar-refractivity contribution < 1.29 is 27.4 Å². The van der Waals surface area contributed by atoms with Crippen molar-refractivity contribution in [3.8, 4) is 11.5 Å². The van der Waals surface area contributed by atoms with E-state index in [1.165, 1.54) is 26.4 Å². The lowest BCUT2D eigenvalue weighted by Gasteiger charge is -2.14. The monoisotopic (exact) mass is 402 g/mol. The molecule has 0 spiro atoms. The summed E-state index contributed by atoms with van der Waals surface area (Å²) in [5, 5.41) is 0. The second-order valence-corrected chi connectivity index (χ2v) is 5.81. The number of alkyl halides is 3. The molecule has 0 saturated heterocycles. The Morgan fingerprint density at radius 3 is 2.17 bits per heavy atom. The number of halogens is 4. The summed E-state index contributed by atoms with van der Waals surface area (Å²) in [6, 6.07) is 7.80. The third-order valence-electron chi connectivity index (χ3n) is 3.42. The second kappa shape index (κ2) is 7.25. The summed E-state index contributed by atoms with van der Waals surface area (Å²) >= 11 is 3.30. The SMILES string of the molecule is COc1ccc(Br)c(OC)c1C(=O)Cc1ccc(C(F)(F)F)cc1. The Morgan fingerprint density at radius 1 is 1.04 bits per heavy atom. The van der Waals surface area contributed by atoms with Crippen molar-refractivity contribution in [1.29, 1.82) is 0 Å². The van der Waals surface area contributed by atoms with Gasteiger partial charge in [-0.05, 0) is 45.8 Å². The molecular weight excluding hydrogens is 389 g/mol. The number of rotatable bonds is 5. The molecule has 2 rings (SSSR count). The van der Waals surface area contributed by atoms with Crippen LogP contribution in [0, 0.1) is 0 Å². The van der Waals surface area contributed by atoms with Gasteiger partial charge in [0.05, 0.1) is 24.3 Å². The first-order valence-electron chi connectivity index (χ1n) is 6.87. The van der Waals surface area contributed by atoms with Gasteiger partial charge in [0.1, 0.15) is 17.1 Å². The van der Waals surface area contributed by atoms with E-state index in [0.29, 0.717) is 21.5 Å². The first-order chi connectivity index (χ1) is 11.3. The molecule has 0 saturated carbocycles. The lowest BCUT2D eigenvalue weighted by atomic mass is 10.0. The second-order valence-electron chi connectivity index (χ2n) is 4.95. The van der Waals surface area contributed by atoms with Crippen molar-refractivity contribution >= 4 is 21.7 Å². The molecule has 0 bridgehead atoms. The Balaban J connectivity index is 2.32. The molecule has 0 radical (unpaired) electrons. The molecule has 0 amide bonds. The lowest BCUT2D eigenvalue weighted by molar-refractivity contribution is -0.137. The van der Waals surface area contributed by atoms with E-state index in [4.69, 9.17) is 9.47 Å². The van der Waals surface area contributed by atoms with Gasteiger partial charge in [0.15, 0.2) is 5.78 Å². The molecule has 0 atom stereocenters. The molecule has 0 aliphatic rings. The molecule has 0 aromatic heterocycles. The van der Waals surface area contributed by atoms with Crippen LogP contribution >= 0.6 is 15.9 Å². The first kappa shape index (κ1) is 18.3.